The highest BCUT2D eigenvalue weighted by Crippen LogP contribution is 2.27. The van der Waals surface area contributed by atoms with Crippen molar-refractivity contribution in [3.05, 3.63) is 34.5 Å². The summed E-state index contributed by atoms with van der Waals surface area (Å²) in [7, 11) is 0. The lowest BCUT2D eigenvalue weighted by atomic mass is 9.99. The van der Waals surface area contributed by atoms with Crippen LogP contribution in [0.15, 0.2) is 18.2 Å². The van der Waals surface area contributed by atoms with Crippen LogP contribution in [0.5, 0.6) is 0 Å². The number of carbonyl (C=O) groups excluding carboxylic acids is 1. The zero-order chi connectivity index (χ0) is 10.8. The normalized spacial score (nSPS) is 14.9. The van der Waals surface area contributed by atoms with E-state index < -0.39 is 0 Å². The molecule has 80 valence electrons. The molecular weight excluding hydrogens is 214 g/mol. The van der Waals surface area contributed by atoms with E-state index in [0.717, 1.165) is 23.5 Å². The zero-order valence-electron chi connectivity index (χ0n) is 8.20. The molecule has 0 amide bonds. The fourth-order valence-electron chi connectivity index (χ4n) is 1.81. The van der Waals surface area contributed by atoms with Crippen LogP contribution in [0.3, 0.4) is 0 Å². The number of benzene rings is 1. The van der Waals surface area contributed by atoms with Gasteiger partial charge < -0.3 is 10.3 Å². The van der Waals surface area contributed by atoms with Crippen molar-refractivity contribution in [3.8, 4) is 0 Å². The van der Waals surface area contributed by atoms with Crippen LogP contribution in [0.25, 0.3) is 0 Å². The minimum atomic E-state index is -0.0949. The Morgan fingerprint density at radius 1 is 1.53 bits per heavy atom. The van der Waals surface area contributed by atoms with Crippen molar-refractivity contribution in [1.29, 1.82) is 0 Å². The number of carbonyl (C=O) groups is 1. The summed E-state index contributed by atoms with van der Waals surface area (Å²) in [4.78, 5) is 11.4. The molecule has 1 aliphatic rings. The third-order valence-electron chi connectivity index (χ3n) is 2.60. The van der Waals surface area contributed by atoms with E-state index in [0.29, 0.717) is 17.8 Å². The zero-order valence-corrected chi connectivity index (χ0v) is 8.96. The first-order valence-corrected chi connectivity index (χ1v) is 5.42. The molecular formula is C11H11ClNO2-. The quantitative estimate of drug-likeness (QED) is 0.572. The van der Waals surface area contributed by atoms with E-state index in [1.165, 1.54) is 0 Å². The largest absolute Gasteiger partial charge is 0.758 e. The Kier molecular flexibility index (Phi) is 2.93. The fraction of sp³-hybridized carbons (Fsp3) is 0.364. The number of halogens is 1. The molecule has 1 aliphatic heterocycles. The summed E-state index contributed by atoms with van der Waals surface area (Å²) in [6.07, 6.45) is 1.70. The number of ketones is 1. The van der Waals surface area contributed by atoms with Gasteiger partial charge in [-0.15, -0.1) is 11.6 Å². The molecule has 0 atom stereocenters. The first-order valence-electron chi connectivity index (χ1n) is 4.89. The molecule has 0 radical (unpaired) electrons. The maximum absolute atomic E-state index is 11.4. The number of anilines is 1. The van der Waals surface area contributed by atoms with Gasteiger partial charge in [-0.3, -0.25) is 4.79 Å². The monoisotopic (exact) mass is 224 g/mol. The minimum Gasteiger partial charge on any atom is -0.758 e. The van der Waals surface area contributed by atoms with Gasteiger partial charge in [0.25, 0.3) is 0 Å². The Morgan fingerprint density at radius 2 is 2.33 bits per heavy atom. The van der Waals surface area contributed by atoms with Crippen molar-refractivity contribution in [2.45, 2.75) is 12.8 Å². The molecule has 15 heavy (non-hydrogen) atoms. The van der Waals surface area contributed by atoms with Crippen LogP contribution < -0.4 is 5.06 Å². The Labute approximate surface area is 93.2 Å². The van der Waals surface area contributed by atoms with Crippen molar-refractivity contribution in [1.82, 2.24) is 0 Å². The minimum absolute atomic E-state index is 0.0140. The molecule has 0 fully saturated rings. The van der Waals surface area contributed by atoms with Crippen molar-refractivity contribution >= 4 is 23.1 Å². The SMILES string of the molecule is O=C(CCl)c1ccc2c(c1)CCCN2[O-]. The average Bonchev–Trinajstić information content (AvgIpc) is 2.28. The molecule has 0 N–H and O–H groups in total. The van der Waals surface area contributed by atoms with E-state index in [9.17, 15) is 10.0 Å². The number of hydrogen-bond acceptors (Lipinski definition) is 3. The smallest absolute Gasteiger partial charge is 0.177 e. The highest BCUT2D eigenvalue weighted by atomic mass is 35.5. The second kappa shape index (κ2) is 4.21. The highest BCUT2D eigenvalue weighted by Gasteiger charge is 2.13. The third kappa shape index (κ3) is 1.98. The molecule has 3 nitrogen and oxygen atoms in total. The van der Waals surface area contributed by atoms with E-state index >= 15 is 0 Å². The molecule has 0 aromatic heterocycles. The van der Waals surface area contributed by atoms with Gasteiger partial charge in [0.2, 0.25) is 0 Å². The van der Waals surface area contributed by atoms with Crippen molar-refractivity contribution < 1.29 is 4.79 Å². The second-order valence-electron chi connectivity index (χ2n) is 3.61. The maximum Gasteiger partial charge on any atom is 0.177 e. The number of hydrogen-bond donors (Lipinski definition) is 0. The van der Waals surface area contributed by atoms with E-state index in [4.69, 9.17) is 11.6 Å². The van der Waals surface area contributed by atoms with Crippen molar-refractivity contribution in [2.24, 2.45) is 0 Å². The molecule has 1 heterocycles. The van der Waals surface area contributed by atoms with Crippen molar-refractivity contribution in [2.75, 3.05) is 17.5 Å². The van der Waals surface area contributed by atoms with Gasteiger partial charge in [-0.2, -0.15) is 0 Å². The predicted molar refractivity (Wildman–Crippen MR) is 60.5 cm³/mol. The maximum atomic E-state index is 11.4. The van der Waals surface area contributed by atoms with Crippen LogP contribution in [0, 0.1) is 5.21 Å². The molecule has 4 heteroatoms. The van der Waals surface area contributed by atoms with Crippen LogP contribution >= 0.6 is 11.6 Å². The average molecular weight is 225 g/mol. The number of fused-ring (bicyclic) bond motifs is 1. The van der Waals surface area contributed by atoms with Gasteiger partial charge in [0.15, 0.2) is 5.78 Å². The van der Waals surface area contributed by atoms with Crippen LogP contribution in [0.1, 0.15) is 22.3 Å². The lowest BCUT2D eigenvalue weighted by Crippen LogP contribution is -2.23. The van der Waals surface area contributed by atoms with Gasteiger partial charge in [0.05, 0.1) is 5.88 Å². The van der Waals surface area contributed by atoms with Crippen molar-refractivity contribution in [3.63, 3.8) is 0 Å². The number of aryl methyl sites for hydroxylation is 1. The molecule has 0 spiro atoms. The summed E-state index contributed by atoms with van der Waals surface area (Å²) in [5, 5.41) is 12.4. The van der Waals surface area contributed by atoms with Gasteiger partial charge in [-0.25, -0.2) is 0 Å². The summed E-state index contributed by atoms with van der Waals surface area (Å²) < 4.78 is 0. The summed E-state index contributed by atoms with van der Waals surface area (Å²) in [6.45, 7) is 0.537. The highest BCUT2D eigenvalue weighted by molar-refractivity contribution is 6.30. The molecule has 0 saturated carbocycles. The predicted octanol–water partition coefficient (Wildman–Crippen LogP) is 2.36. The molecule has 1 aromatic carbocycles. The van der Waals surface area contributed by atoms with Gasteiger partial charge in [-0.1, -0.05) is 0 Å². The number of alkyl halides is 1. The van der Waals surface area contributed by atoms with E-state index in [1.807, 2.05) is 0 Å². The Bertz CT molecular complexity index is 392. The molecule has 0 unspecified atom stereocenters. The molecule has 0 saturated heterocycles. The van der Waals surface area contributed by atoms with Crippen LogP contribution in [-0.2, 0) is 6.42 Å². The molecule has 0 aliphatic carbocycles. The van der Waals surface area contributed by atoms with Crippen LogP contribution in [-0.4, -0.2) is 18.2 Å². The number of rotatable bonds is 2. The molecule has 0 bridgehead atoms. The first kappa shape index (κ1) is 10.5. The fourth-order valence-corrected chi connectivity index (χ4v) is 1.97. The summed E-state index contributed by atoms with van der Waals surface area (Å²) in [6, 6.07) is 5.16. The topological polar surface area (TPSA) is 43.4 Å². The Hall–Kier alpha value is -1.06. The summed E-state index contributed by atoms with van der Waals surface area (Å²) >= 11 is 5.48. The van der Waals surface area contributed by atoms with Crippen LogP contribution in [0.4, 0.5) is 5.69 Å². The van der Waals surface area contributed by atoms with Gasteiger partial charge in [0, 0.05) is 17.8 Å². The Balaban J connectivity index is 2.37. The van der Waals surface area contributed by atoms with E-state index in [-0.39, 0.29) is 11.7 Å². The summed E-state index contributed by atoms with van der Waals surface area (Å²) in [5.41, 5.74) is 2.23. The second-order valence-corrected chi connectivity index (χ2v) is 3.87. The van der Waals surface area contributed by atoms with Gasteiger partial charge >= 0.3 is 0 Å². The standard InChI is InChI=1S/C11H11ClNO2/c12-7-11(14)9-3-4-10-8(6-9)2-1-5-13(10)15/h3-4,6H,1-2,5,7H2/q-1. The number of hydroxylamine groups is 1. The van der Waals surface area contributed by atoms with E-state index in [1.54, 1.807) is 18.2 Å². The van der Waals surface area contributed by atoms with E-state index in [2.05, 4.69) is 0 Å². The molecule has 1 aromatic rings. The molecule has 2 rings (SSSR count). The lowest BCUT2D eigenvalue weighted by molar-refractivity contribution is 0.102. The summed E-state index contributed by atoms with van der Waals surface area (Å²) in [5.74, 6) is -0.109. The third-order valence-corrected chi connectivity index (χ3v) is 2.84. The number of nitrogens with zero attached hydrogens (tertiary/aromatic N) is 1. The van der Waals surface area contributed by atoms with Crippen LogP contribution in [0.2, 0.25) is 0 Å². The van der Waals surface area contributed by atoms with Gasteiger partial charge in [0.1, 0.15) is 0 Å². The Morgan fingerprint density at radius 3 is 3.07 bits per heavy atom. The lowest BCUT2D eigenvalue weighted by Gasteiger charge is -2.36. The number of Topliss-reactive ketones (excluding diaryl/α,β-unsaturated/α-hetero) is 1. The first-order chi connectivity index (χ1) is 7.22. The van der Waals surface area contributed by atoms with Gasteiger partial charge in [-0.05, 0) is 36.6 Å².